The number of hydrogen-bond acceptors (Lipinski definition) is 6. The van der Waals surface area contributed by atoms with Crippen molar-refractivity contribution in [1.29, 1.82) is 0 Å². The Bertz CT molecular complexity index is 1190. The number of amides is 1. The highest BCUT2D eigenvalue weighted by molar-refractivity contribution is 6.04. The molecule has 0 spiro atoms. The average Bonchev–Trinajstić information content (AvgIpc) is 3.30. The number of methoxy groups -OCH3 is 2. The Kier molecular flexibility index (Phi) is 6.41. The molecule has 1 aliphatic rings. The summed E-state index contributed by atoms with van der Waals surface area (Å²) in [4.78, 5) is 28.8. The van der Waals surface area contributed by atoms with Gasteiger partial charge in [0.05, 0.1) is 19.6 Å². The normalized spacial score (nSPS) is 16.3. The number of benzene rings is 2. The number of hydrogen-bond donors (Lipinski definition) is 1. The van der Waals surface area contributed by atoms with E-state index in [0.717, 1.165) is 25.9 Å². The highest BCUT2D eigenvalue weighted by atomic mass is 16.5. The molecule has 1 aliphatic heterocycles. The molecule has 8 heteroatoms. The zero-order valence-electron chi connectivity index (χ0n) is 18.6. The third-order valence-corrected chi connectivity index (χ3v) is 6.04. The van der Waals surface area contributed by atoms with Crippen LogP contribution in [0.4, 0.5) is 0 Å². The first-order valence-corrected chi connectivity index (χ1v) is 10.8. The molecule has 1 atom stereocenters. The molecule has 32 heavy (non-hydrogen) atoms. The van der Waals surface area contributed by atoms with Gasteiger partial charge in [-0.25, -0.2) is 0 Å². The number of nitrogens with zero attached hydrogens (tertiary/aromatic N) is 3. The van der Waals surface area contributed by atoms with Gasteiger partial charge in [0.2, 0.25) is 0 Å². The van der Waals surface area contributed by atoms with E-state index in [1.165, 1.54) is 11.8 Å². The van der Waals surface area contributed by atoms with Gasteiger partial charge in [0, 0.05) is 24.0 Å². The Morgan fingerprint density at radius 3 is 2.66 bits per heavy atom. The van der Waals surface area contributed by atoms with E-state index in [-0.39, 0.29) is 17.2 Å². The van der Waals surface area contributed by atoms with Crippen molar-refractivity contribution < 1.29 is 14.3 Å². The zero-order valence-corrected chi connectivity index (χ0v) is 18.6. The minimum atomic E-state index is -0.325. The van der Waals surface area contributed by atoms with E-state index in [1.807, 2.05) is 0 Å². The summed E-state index contributed by atoms with van der Waals surface area (Å²) >= 11 is 0. The fourth-order valence-corrected chi connectivity index (χ4v) is 4.32. The molecule has 0 radical (unpaired) electrons. The van der Waals surface area contributed by atoms with Crippen LogP contribution in [-0.4, -0.2) is 60.5 Å². The lowest BCUT2D eigenvalue weighted by Crippen LogP contribution is -2.40. The van der Waals surface area contributed by atoms with Gasteiger partial charge in [0.15, 0.2) is 5.69 Å². The standard InChI is InChI=1S/C24H28N4O4/c1-4-27-13-7-8-16(27)15-25-23(29)22-18-9-5-6-10-19(18)24(30)28(26-22)20-12-11-17(31-2)14-21(20)32-3/h5-6,9-12,14,16H,4,7-8,13,15H2,1-3H3,(H,25,29). The molecule has 2 aromatic carbocycles. The molecule has 1 unspecified atom stereocenters. The van der Waals surface area contributed by atoms with E-state index in [9.17, 15) is 9.59 Å². The molecule has 0 aliphatic carbocycles. The van der Waals surface area contributed by atoms with Gasteiger partial charge in [0.1, 0.15) is 17.2 Å². The van der Waals surface area contributed by atoms with Crippen molar-refractivity contribution in [2.24, 2.45) is 0 Å². The second-order valence-corrected chi connectivity index (χ2v) is 7.78. The maximum absolute atomic E-state index is 13.3. The summed E-state index contributed by atoms with van der Waals surface area (Å²) in [6.07, 6.45) is 2.20. The largest absolute Gasteiger partial charge is 0.497 e. The maximum atomic E-state index is 13.3. The van der Waals surface area contributed by atoms with Crippen molar-refractivity contribution in [3.8, 4) is 17.2 Å². The molecule has 1 fully saturated rings. The van der Waals surface area contributed by atoms with Crippen LogP contribution in [0.5, 0.6) is 11.5 Å². The van der Waals surface area contributed by atoms with Crippen molar-refractivity contribution >= 4 is 16.7 Å². The molecule has 8 nitrogen and oxygen atoms in total. The molecule has 3 aromatic rings. The third kappa shape index (κ3) is 4.05. The van der Waals surface area contributed by atoms with Gasteiger partial charge in [-0.05, 0) is 44.1 Å². The highest BCUT2D eigenvalue weighted by Gasteiger charge is 2.25. The van der Waals surface area contributed by atoms with Crippen molar-refractivity contribution in [2.75, 3.05) is 33.9 Å². The molecule has 1 aromatic heterocycles. The van der Waals surface area contributed by atoms with E-state index < -0.39 is 0 Å². The van der Waals surface area contributed by atoms with Gasteiger partial charge < -0.3 is 14.8 Å². The van der Waals surface area contributed by atoms with Crippen molar-refractivity contribution in [3.05, 3.63) is 58.5 Å². The third-order valence-electron chi connectivity index (χ3n) is 6.04. The first-order valence-electron chi connectivity index (χ1n) is 10.8. The second-order valence-electron chi connectivity index (χ2n) is 7.78. The quantitative estimate of drug-likeness (QED) is 0.613. The number of likely N-dealkylation sites (N-methyl/N-ethyl adjacent to an activating group) is 1. The molecule has 2 heterocycles. The molecule has 1 saturated heterocycles. The van der Waals surface area contributed by atoms with Crippen LogP contribution in [0.1, 0.15) is 30.3 Å². The highest BCUT2D eigenvalue weighted by Crippen LogP contribution is 2.27. The Hall–Kier alpha value is -3.39. The summed E-state index contributed by atoms with van der Waals surface area (Å²) in [7, 11) is 3.07. The summed E-state index contributed by atoms with van der Waals surface area (Å²) in [5.41, 5.74) is 0.318. The molecule has 1 amide bonds. The van der Waals surface area contributed by atoms with Crippen LogP contribution < -0.4 is 20.3 Å². The lowest BCUT2D eigenvalue weighted by molar-refractivity contribution is 0.0936. The number of fused-ring (bicyclic) bond motifs is 1. The summed E-state index contributed by atoms with van der Waals surface area (Å²) in [6, 6.07) is 12.5. The van der Waals surface area contributed by atoms with Gasteiger partial charge in [-0.1, -0.05) is 25.1 Å². The van der Waals surface area contributed by atoms with Crippen LogP contribution in [0, 0.1) is 0 Å². The molecule has 0 bridgehead atoms. The zero-order chi connectivity index (χ0) is 22.7. The van der Waals surface area contributed by atoms with Crippen LogP contribution in [-0.2, 0) is 0 Å². The number of carbonyl (C=O) groups excluding carboxylic acids is 1. The molecule has 1 N–H and O–H groups in total. The predicted octanol–water partition coefficient (Wildman–Crippen LogP) is 2.62. The van der Waals surface area contributed by atoms with E-state index in [2.05, 4.69) is 22.2 Å². The topological polar surface area (TPSA) is 85.7 Å². The fraction of sp³-hybridized carbons (Fsp3) is 0.375. The van der Waals surface area contributed by atoms with Gasteiger partial charge in [-0.2, -0.15) is 9.78 Å². The number of ether oxygens (including phenoxy) is 2. The Morgan fingerprint density at radius 1 is 1.16 bits per heavy atom. The minimum Gasteiger partial charge on any atom is -0.497 e. The van der Waals surface area contributed by atoms with Crippen molar-refractivity contribution in [2.45, 2.75) is 25.8 Å². The van der Waals surface area contributed by atoms with Crippen molar-refractivity contribution in [1.82, 2.24) is 20.0 Å². The number of aromatic nitrogens is 2. The van der Waals surface area contributed by atoms with Crippen LogP contribution in [0.25, 0.3) is 16.5 Å². The van der Waals surface area contributed by atoms with Gasteiger partial charge in [0.25, 0.3) is 11.5 Å². The first kappa shape index (κ1) is 21.8. The van der Waals surface area contributed by atoms with Crippen LogP contribution in [0.3, 0.4) is 0 Å². The van der Waals surface area contributed by atoms with Gasteiger partial charge >= 0.3 is 0 Å². The summed E-state index contributed by atoms with van der Waals surface area (Å²) < 4.78 is 11.9. The monoisotopic (exact) mass is 436 g/mol. The van der Waals surface area contributed by atoms with Gasteiger partial charge in [-0.3, -0.25) is 14.5 Å². The average molecular weight is 437 g/mol. The van der Waals surface area contributed by atoms with Crippen LogP contribution in [0.15, 0.2) is 47.3 Å². The molecular formula is C24H28N4O4. The van der Waals surface area contributed by atoms with E-state index in [1.54, 1.807) is 49.6 Å². The number of likely N-dealkylation sites (tertiary alicyclic amines) is 1. The lowest BCUT2D eigenvalue weighted by atomic mass is 10.1. The number of rotatable bonds is 7. The Labute approximate surface area is 186 Å². The lowest BCUT2D eigenvalue weighted by Gasteiger charge is -2.23. The minimum absolute atomic E-state index is 0.208. The Balaban J connectivity index is 1.76. The van der Waals surface area contributed by atoms with E-state index >= 15 is 0 Å². The van der Waals surface area contributed by atoms with Crippen LogP contribution in [0.2, 0.25) is 0 Å². The Morgan fingerprint density at radius 2 is 1.94 bits per heavy atom. The first-order chi connectivity index (χ1) is 15.6. The summed E-state index contributed by atoms with van der Waals surface area (Å²) in [6.45, 7) is 4.70. The van der Waals surface area contributed by atoms with E-state index in [4.69, 9.17) is 9.47 Å². The maximum Gasteiger partial charge on any atom is 0.279 e. The molecular weight excluding hydrogens is 408 g/mol. The second kappa shape index (κ2) is 9.40. The predicted molar refractivity (Wildman–Crippen MR) is 123 cm³/mol. The van der Waals surface area contributed by atoms with Crippen LogP contribution >= 0.6 is 0 Å². The molecule has 0 saturated carbocycles. The smallest absolute Gasteiger partial charge is 0.279 e. The van der Waals surface area contributed by atoms with Crippen molar-refractivity contribution in [3.63, 3.8) is 0 Å². The molecule has 168 valence electrons. The fourth-order valence-electron chi connectivity index (χ4n) is 4.32. The summed E-state index contributed by atoms with van der Waals surface area (Å²) in [5.74, 6) is 0.713. The summed E-state index contributed by atoms with van der Waals surface area (Å²) in [5, 5.41) is 8.45. The number of nitrogens with one attached hydrogen (secondary N) is 1. The van der Waals surface area contributed by atoms with E-state index in [0.29, 0.717) is 40.5 Å². The number of carbonyl (C=O) groups is 1. The SMILES string of the molecule is CCN1CCCC1CNC(=O)c1nn(-c2ccc(OC)cc2OC)c(=O)c2ccccc12. The molecule has 4 rings (SSSR count). The van der Waals surface area contributed by atoms with Gasteiger partial charge in [-0.15, -0.1) is 0 Å².